The van der Waals surface area contributed by atoms with Crippen molar-refractivity contribution in [1.82, 2.24) is 0 Å². The number of benzene rings is 2. The van der Waals surface area contributed by atoms with Crippen molar-refractivity contribution < 1.29 is 13.8 Å². The van der Waals surface area contributed by atoms with Gasteiger partial charge >= 0.3 is 5.63 Å². The van der Waals surface area contributed by atoms with Crippen molar-refractivity contribution in [2.24, 2.45) is 0 Å². The maximum atomic E-state index is 12.9. The summed E-state index contributed by atoms with van der Waals surface area (Å²) in [5.74, 6) is 0.384. The van der Waals surface area contributed by atoms with Gasteiger partial charge in [-0.15, -0.1) is 0 Å². The zero-order valence-corrected chi connectivity index (χ0v) is 16.2. The van der Waals surface area contributed by atoms with E-state index in [1.54, 1.807) is 30.3 Å². The SMILES string of the molecule is O=c1oc2ccccc2c2oc(NC3CCCCC3)c(-c3ccccc3[N+](=O)[O-])c12. The van der Waals surface area contributed by atoms with Crippen LogP contribution in [-0.2, 0) is 0 Å². The first-order valence-corrected chi connectivity index (χ1v) is 10.1. The number of nitrogens with zero attached hydrogens (tertiary/aromatic N) is 1. The Balaban J connectivity index is 1.82. The van der Waals surface area contributed by atoms with Crippen molar-refractivity contribution in [2.75, 3.05) is 5.32 Å². The Morgan fingerprint density at radius 3 is 2.50 bits per heavy atom. The maximum absolute atomic E-state index is 12.9. The highest BCUT2D eigenvalue weighted by Gasteiger charge is 2.28. The number of fused-ring (bicyclic) bond motifs is 3. The minimum atomic E-state index is -0.572. The molecule has 1 saturated carbocycles. The molecule has 1 aliphatic rings. The molecule has 0 saturated heterocycles. The summed E-state index contributed by atoms with van der Waals surface area (Å²) >= 11 is 0. The van der Waals surface area contributed by atoms with E-state index in [0.29, 0.717) is 33.6 Å². The lowest BCUT2D eigenvalue weighted by atomic mass is 9.95. The molecule has 2 heterocycles. The van der Waals surface area contributed by atoms with Crippen LogP contribution in [0.2, 0.25) is 0 Å². The average Bonchev–Trinajstić information content (AvgIpc) is 3.14. The number of para-hydroxylation sites is 2. The minimum absolute atomic E-state index is 0.0838. The van der Waals surface area contributed by atoms with Gasteiger partial charge in [-0.2, -0.15) is 0 Å². The van der Waals surface area contributed by atoms with E-state index in [1.807, 2.05) is 12.1 Å². The molecule has 5 rings (SSSR count). The van der Waals surface area contributed by atoms with Crippen LogP contribution in [0.3, 0.4) is 0 Å². The molecule has 0 bridgehead atoms. The molecule has 0 radical (unpaired) electrons. The Labute approximate surface area is 171 Å². The summed E-state index contributed by atoms with van der Waals surface area (Å²) in [6, 6.07) is 13.7. The van der Waals surface area contributed by atoms with E-state index in [9.17, 15) is 14.9 Å². The molecule has 7 heteroatoms. The summed E-state index contributed by atoms with van der Waals surface area (Å²) in [6.45, 7) is 0. The summed E-state index contributed by atoms with van der Waals surface area (Å²) in [4.78, 5) is 24.2. The van der Waals surface area contributed by atoms with Crippen molar-refractivity contribution in [2.45, 2.75) is 38.1 Å². The summed E-state index contributed by atoms with van der Waals surface area (Å²) in [5, 5.41) is 16.0. The van der Waals surface area contributed by atoms with Crippen LogP contribution in [0, 0.1) is 10.1 Å². The Morgan fingerprint density at radius 1 is 0.967 bits per heavy atom. The molecule has 152 valence electrons. The van der Waals surface area contributed by atoms with E-state index < -0.39 is 10.5 Å². The molecule has 2 aromatic heterocycles. The summed E-state index contributed by atoms with van der Waals surface area (Å²) in [6.07, 6.45) is 5.41. The Morgan fingerprint density at radius 2 is 1.70 bits per heavy atom. The summed E-state index contributed by atoms with van der Waals surface area (Å²) in [7, 11) is 0. The summed E-state index contributed by atoms with van der Waals surface area (Å²) in [5.41, 5.74) is 0.872. The molecule has 0 atom stereocenters. The molecule has 2 aromatic carbocycles. The van der Waals surface area contributed by atoms with E-state index in [-0.39, 0.29) is 17.1 Å². The fraction of sp³-hybridized carbons (Fsp3) is 0.261. The van der Waals surface area contributed by atoms with Crippen LogP contribution in [0.4, 0.5) is 11.6 Å². The maximum Gasteiger partial charge on any atom is 0.348 e. The van der Waals surface area contributed by atoms with Gasteiger partial charge in [0.2, 0.25) is 5.88 Å². The van der Waals surface area contributed by atoms with Gasteiger partial charge in [-0.25, -0.2) is 4.79 Å². The van der Waals surface area contributed by atoms with Gasteiger partial charge in [0.15, 0.2) is 5.58 Å². The van der Waals surface area contributed by atoms with E-state index in [0.717, 1.165) is 25.7 Å². The van der Waals surface area contributed by atoms with Gasteiger partial charge in [-0.1, -0.05) is 43.5 Å². The predicted octanol–water partition coefficient (Wildman–Crippen LogP) is 5.86. The highest BCUT2D eigenvalue weighted by atomic mass is 16.6. The van der Waals surface area contributed by atoms with Gasteiger partial charge in [-0.05, 0) is 31.0 Å². The van der Waals surface area contributed by atoms with Gasteiger partial charge in [0.1, 0.15) is 11.0 Å². The van der Waals surface area contributed by atoms with Crippen molar-refractivity contribution in [3.8, 4) is 11.1 Å². The van der Waals surface area contributed by atoms with E-state index in [1.165, 1.54) is 12.5 Å². The van der Waals surface area contributed by atoms with Crippen molar-refractivity contribution in [1.29, 1.82) is 0 Å². The number of nitro benzene ring substituents is 1. The first-order valence-electron chi connectivity index (χ1n) is 10.1. The molecule has 4 aromatic rings. The molecule has 30 heavy (non-hydrogen) atoms. The normalized spacial score (nSPS) is 14.9. The smallest absolute Gasteiger partial charge is 0.348 e. The largest absolute Gasteiger partial charge is 0.439 e. The van der Waals surface area contributed by atoms with Crippen LogP contribution in [-0.4, -0.2) is 11.0 Å². The van der Waals surface area contributed by atoms with Crippen LogP contribution >= 0.6 is 0 Å². The number of hydrogen-bond donors (Lipinski definition) is 1. The molecule has 1 aliphatic carbocycles. The highest BCUT2D eigenvalue weighted by molar-refractivity contribution is 6.10. The number of furan rings is 1. The number of nitro groups is 1. The van der Waals surface area contributed by atoms with E-state index in [4.69, 9.17) is 8.83 Å². The highest BCUT2D eigenvalue weighted by Crippen LogP contribution is 2.43. The molecule has 0 aliphatic heterocycles. The van der Waals surface area contributed by atoms with Gasteiger partial charge in [0.05, 0.1) is 21.4 Å². The van der Waals surface area contributed by atoms with Crippen molar-refractivity contribution in [3.63, 3.8) is 0 Å². The Kier molecular flexibility index (Phi) is 4.50. The number of anilines is 1. The van der Waals surface area contributed by atoms with Gasteiger partial charge in [0.25, 0.3) is 5.69 Å². The lowest BCUT2D eigenvalue weighted by Crippen LogP contribution is -2.22. The van der Waals surface area contributed by atoms with E-state index >= 15 is 0 Å². The van der Waals surface area contributed by atoms with Crippen LogP contribution < -0.4 is 10.9 Å². The topological polar surface area (TPSA) is 98.5 Å². The standard InChI is InChI=1S/C23H20N2O5/c26-23-20-19(15-10-4-6-12-17(15)25(27)28)22(24-14-8-2-1-3-9-14)30-21(20)16-11-5-7-13-18(16)29-23/h4-7,10-14,24H,1-3,8-9H2. The lowest BCUT2D eigenvalue weighted by molar-refractivity contribution is -0.384. The molecule has 1 N–H and O–H groups in total. The summed E-state index contributed by atoms with van der Waals surface area (Å²) < 4.78 is 11.7. The first kappa shape index (κ1) is 18.4. The molecule has 7 nitrogen and oxygen atoms in total. The average molecular weight is 404 g/mol. The first-order chi connectivity index (χ1) is 14.6. The zero-order chi connectivity index (χ0) is 20.7. The van der Waals surface area contributed by atoms with E-state index in [2.05, 4.69) is 5.32 Å². The minimum Gasteiger partial charge on any atom is -0.439 e. The number of rotatable bonds is 4. The molecular formula is C23H20N2O5. The quantitative estimate of drug-likeness (QED) is 0.260. The fourth-order valence-corrected chi connectivity index (χ4v) is 4.34. The van der Waals surface area contributed by atoms with Crippen LogP contribution in [0.5, 0.6) is 0 Å². The third kappa shape index (κ3) is 3.03. The van der Waals surface area contributed by atoms with Crippen LogP contribution in [0.25, 0.3) is 33.1 Å². The van der Waals surface area contributed by atoms with Crippen molar-refractivity contribution in [3.05, 3.63) is 69.1 Å². The van der Waals surface area contributed by atoms with Crippen molar-refractivity contribution >= 4 is 33.5 Å². The van der Waals surface area contributed by atoms with Crippen LogP contribution in [0.1, 0.15) is 32.1 Å². The molecule has 0 amide bonds. The van der Waals surface area contributed by atoms with Crippen LogP contribution in [0.15, 0.2) is 62.2 Å². The molecule has 0 unspecified atom stereocenters. The molecule has 1 fully saturated rings. The monoisotopic (exact) mass is 404 g/mol. The predicted molar refractivity (Wildman–Crippen MR) is 115 cm³/mol. The fourth-order valence-electron chi connectivity index (χ4n) is 4.34. The number of nitrogens with one attached hydrogen (secondary N) is 1. The second-order valence-corrected chi connectivity index (χ2v) is 7.65. The second-order valence-electron chi connectivity index (χ2n) is 7.65. The lowest BCUT2D eigenvalue weighted by Gasteiger charge is -2.23. The van der Waals surface area contributed by atoms with Gasteiger partial charge in [-0.3, -0.25) is 10.1 Å². The third-order valence-corrected chi connectivity index (χ3v) is 5.76. The number of hydrogen-bond acceptors (Lipinski definition) is 6. The second kappa shape index (κ2) is 7.33. The van der Waals surface area contributed by atoms with Gasteiger partial charge < -0.3 is 14.2 Å². The Bertz CT molecular complexity index is 1310. The Hall–Kier alpha value is -3.61. The zero-order valence-electron chi connectivity index (χ0n) is 16.2. The third-order valence-electron chi connectivity index (χ3n) is 5.76. The van der Waals surface area contributed by atoms with Gasteiger partial charge in [0, 0.05) is 12.1 Å². The molecular weight excluding hydrogens is 384 g/mol. The molecule has 0 spiro atoms.